The highest BCUT2D eigenvalue weighted by atomic mass is 19.1. The van der Waals surface area contributed by atoms with Gasteiger partial charge >= 0.3 is 0 Å². The van der Waals surface area contributed by atoms with Gasteiger partial charge in [0.1, 0.15) is 11.6 Å². The van der Waals surface area contributed by atoms with Crippen molar-refractivity contribution in [3.05, 3.63) is 65.5 Å². The van der Waals surface area contributed by atoms with Crippen molar-refractivity contribution >= 4 is 5.91 Å². The molecule has 0 saturated carbocycles. The molecule has 0 aliphatic carbocycles. The molecule has 4 nitrogen and oxygen atoms in total. The van der Waals surface area contributed by atoms with E-state index in [9.17, 15) is 9.18 Å². The molecular formula is C22H27FN2O2. The highest BCUT2D eigenvalue weighted by Crippen LogP contribution is 2.27. The van der Waals surface area contributed by atoms with Crippen molar-refractivity contribution in [3.8, 4) is 5.75 Å². The van der Waals surface area contributed by atoms with E-state index >= 15 is 0 Å². The van der Waals surface area contributed by atoms with Crippen LogP contribution in [0.1, 0.15) is 30.0 Å². The first-order valence-electron chi connectivity index (χ1n) is 9.43. The van der Waals surface area contributed by atoms with E-state index in [1.54, 1.807) is 19.2 Å². The van der Waals surface area contributed by atoms with Gasteiger partial charge in [0.05, 0.1) is 13.2 Å². The molecule has 27 heavy (non-hydrogen) atoms. The van der Waals surface area contributed by atoms with E-state index in [1.807, 2.05) is 23.1 Å². The number of halogens is 1. The molecule has 1 unspecified atom stereocenters. The minimum absolute atomic E-state index is 0.176. The second kappa shape index (κ2) is 9.00. The second-order valence-electron chi connectivity index (χ2n) is 7.09. The number of piperazine rings is 1. The number of nitrogens with zero attached hydrogens (tertiary/aromatic N) is 2. The quantitative estimate of drug-likeness (QED) is 0.778. The first-order valence-corrected chi connectivity index (χ1v) is 9.43. The van der Waals surface area contributed by atoms with Crippen LogP contribution in [-0.4, -0.2) is 49.5 Å². The van der Waals surface area contributed by atoms with Gasteiger partial charge in [0, 0.05) is 26.1 Å². The summed E-state index contributed by atoms with van der Waals surface area (Å²) in [5.74, 6) is 0.803. The Hall–Kier alpha value is -2.40. The standard InChI is InChI=1S/C22H27FN2O2/c1-24-13-14-25(16-21(24)18-6-4-7-20(15-18)27-2)22(26)8-3-5-17-9-11-19(23)12-10-17/h4,6-7,9-12,15,21H,3,5,8,13-14,16H2,1-2H3. The average molecular weight is 370 g/mol. The maximum absolute atomic E-state index is 13.0. The van der Waals surface area contributed by atoms with Gasteiger partial charge in [-0.15, -0.1) is 0 Å². The van der Waals surface area contributed by atoms with E-state index < -0.39 is 0 Å². The molecule has 2 aromatic rings. The van der Waals surface area contributed by atoms with Crippen LogP contribution < -0.4 is 4.74 Å². The Morgan fingerprint density at radius 2 is 1.96 bits per heavy atom. The molecule has 1 amide bonds. The molecular weight excluding hydrogens is 343 g/mol. The van der Waals surface area contributed by atoms with Crippen molar-refractivity contribution in [1.29, 1.82) is 0 Å². The van der Waals surface area contributed by atoms with Crippen molar-refractivity contribution in [2.45, 2.75) is 25.3 Å². The summed E-state index contributed by atoms with van der Waals surface area (Å²) in [7, 11) is 3.77. The molecule has 1 fully saturated rings. The smallest absolute Gasteiger partial charge is 0.222 e. The fourth-order valence-electron chi connectivity index (χ4n) is 3.56. The summed E-state index contributed by atoms with van der Waals surface area (Å²) in [6.45, 7) is 2.30. The molecule has 2 aromatic carbocycles. The Morgan fingerprint density at radius 3 is 2.70 bits per heavy atom. The number of ether oxygens (including phenoxy) is 1. The molecule has 0 bridgehead atoms. The summed E-state index contributed by atoms with van der Waals surface area (Å²) < 4.78 is 18.3. The minimum atomic E-state index is -0.226. The van der Waals surface area contributed by atoms with Crippen LogP contribution in [0.25, 0.3) is 0 Å². The van der Waals surface area contributed by atoms with E-state index in [-0.39, 0.29) is 17.8 Å². The van der Waals surface area contributed by atoms with Gasteiger partial charge in [-0.25, -0.2) is 4.39 Å². The van der Waals surface area contributed by atoms with Crippen LogP contribution in [0.2, 0.25) is 0 Å². The highest BCUT2D eigenvalue weighted by molar-refractivity contribution is 5.76. The average Bonchev–Trinajstić information content (AvgIpc) is 2.69. The molecule has 1 atom stereocenters. The number of hydrogen-bond donors (Lipinski definition) is 0. The number of benzene rings is 2. The zero-order valence-electron chi connectivity index (χ0n) is 16.0. The van der Waals surface area contributed by atoms with Gasteiger partial charge in [-0.05, 0) is 55.3 Å². The molecule has 1 aliphatic heterocycles. The Bertz CT molecular complexity index is 763. The topological polar surface area (TPSA) is 32.8 Å². The Kier molecular flexibility index (Phi) is 6.45. The molecule has 1 aliphatic rings. The van der Waals surface area contributed by atoms with Crippen molar-refractivity contribution in [2.75, 3.05) is 33.8 Å². The maximum atomic E-state index is 13.0. The van der Waals surface area contributed by atoms with Crippen LogP contribution in [0.15, 0.2) is 48.5 Å². The number of amides is 1. The van der Waals surface area contributed by atoms with E-state index in [0.29, 0.717) is 13.0 Å². The molecule has 0 aromatic heterocycles. The van der Waals surface area contributed by atoms with E-state index in [2.05, 4.69) is 18.0 Å². The summed E-state index contributed by atoms with van der Waals surface area (Å²) in [6.07, 6.45) is 2.09. The van der Waals surface area contributed by atoms with Gasteiger partial charge in [-0.2, -0.15) is 0 Å². The highest BCUT2D eigenvalue weighted by Gasteiger charge is 2.28. The van der Waals surface area contributed by atoms with Gasteiger partial charge in [0.25, 0.3) is 0 Å². The summed E-state index contributed by atoms with van der Waals surface area (Å²) in [6, 6.07) is 14.7. The van der Waals surface area contributed by atoms with Gasteiger partial charge in [0.15, 0.2) is 0 Å². The first kappa shape index (κ1) is 19.4. The SMILES string of the molecule is COc1cccc(C2CN(C(=O)CCCc3ccc(F)cc3)CCN2C)c1. The van der Waals surface area contributed by atoms with Crippen LogP contribution in [0.5, 0.6) is 5.75 Å². The number of hydrogen-bond acceptors (Lipinski definition) is 3. The Balaban J connectivity index is 1.56. The van der Waals surface area contributed by atoms with Crippen LogP contribution in [0, 0.1) is 5.82 Å². The lowest BCUT2D eigenvalue weighted by Crippen LogP contribution is -2.48. The number of aryl methyl sites for hydroxylation is 1. The van der Waals surface area contributed by atoms with Crippen molar-refractivity contribution in [1.82, 2.24) is 9.80 Å². The molecule has 1 saturated heterocycles. The van der Waals surface area contributed by atoms with Crippen LogP contribution in [-0.2, 0) is 11.2 Å². The Morgan fingerprint density at radius 1 is 1.19 bits per heavy atom. The monoisotopic (exact) mass is 370 g/mol. The number of rotatable bonds is 6. The van der Waals surface area contributed by atoms with E-state index in [1.165, 1.54) is 17.7 Å². The Labute approximate surface area is 160 Å². The predicted octanol–water partition coefficient (Wildman–Crippen LogP) is 3.67. The molecule has 144 valence electrons. The lowest BCUT2D eigenvalue weighted by molar-refractivity contribution is -0.134. The van der Waals surface area contributed by atoms with Crippen LogP contribution in [0.4, 0.5) is 4.39 Å². The molecule has 0 spiro atoms. The predicted molar refractivity (Wildman–Crippen MR) is 104 cm³/mol. The number of carbonyl (C=O) groups excluding carboxylic acids is 1. The van der Waals surface area contributed by atoms with Gasteiger partial charge in [0.2, 0.25) is 5.91 Å². The van der Waals surface area contributed by atoms with Crippen LogP contribution >= 0.6 is 0 Å². The molecule has 0 N–H and O–H groups in total. The van der Waals surface area contributed by atoms with Crippen molar-refractivity contribution < 1.29 is 13.9 Å². The van der Waals surface area contributed by atoms with Gasteiger partial charge in [-0.3, -0.25) is 9.69 Å². The van der Waals surface area contributed by atoms with Crippen molar-refractivity contribution in [3.63, 3.8) is 0 Å². The third-order valence-corrected chi connectivity index (χ3v) is 5.25. The van der Waals surface area contributed by atoms with Crippen molar-refractivity contribution in [2.24, 2.45) is 0 Å². The first-order chi connectivity index (χ1) is 13.1. The molecule has 3 rings (SSSR count). The zero-order valence-corrected chi connectivity index (χ0v) is 16.0. The lowest BCUT2D eigenvalue weighted by atomic mass is 10.0. The fraction of sp³-hybridized carbons (Fsp3) is 0.409. The minimum Gasteiger partial charge on any atom is -0.497 e. The summed E-state index contributed by atoms with van der Waals surface area (Å²) in [4.78, 5) is 16.9. The molecule has 1 heterocycles. The normalized spacial score (nSPS) is 17.7. The largest absolute Gasteiger partial charge is 0.497 e. The third kappa shape index (κ3) is 5.07. The summed E-state index contributed by atoms with van der Waals surface area (Å²) in [5, 5.41) is 0. The van der Waals surface area contributed by atoms with Gasteiger partial charge < -0.3 is 9.64 Å². The maximum Gasteiger partial charge on any atom is 0.222 e. The van der Waals surface area contributed by atoms with Crippen LogP contribution in [0.3, 0.4) is 0 Å². The summed E-state index contributed by atoms with van der Waals surface area (Å²) in [5.41, 5.74) is 2.23. The fourth-order valence-corrected chi connectivity index (χ4v) is 3.56. The third-order valence-electron chi connectivity index (χ3n) is 5.25. The van der Waals surface area contributed by atoms with E-state index in [0.717, 1.165) is 37.2 Å². The zero-order chi connectivity index (χ0) is 19.2. The lowest BCUT2D eigenvalue weighted by Gasteiger charge is -2.40. The molecule has 0 radical (unpaired) electrons. The summed E-state index contributed by atoms with van der Waals surface area (Å²) >= 11 is 0. The van der Waals surface area contributed by atoms with Gasteiger partial charge in [-0.1, -0.05) is 24.3 Å². The second-order valence-corrected chi connectivity index (χ2v) is 7.09. The number of methoxy groups -OCH3 is 1. The molecule has 5 heteroatoms. The number of carbonyl (C=O) groups is 1. The van der Waals surface area contributed by atoms with E-state index in [4.69, 9.17) is 4.74 Å². The number of likely N-dealkylation sites (N-methyl/N-ethyl adjacent to an activating group) is 1.